The fourth-order valence-corrected chi connectivity index (χ4v) is 1.46. The van der Waals surface area contributed by atoms with Crippen molar-refractivity contribution >= 4 is 11.8 Å². The molecule has 1 rings (SSSR count). The van der Waals surface area contributed by atoms with Gasteiger partial charge in [0.05, 0.1) is 17.9 Å². The van der Waals surface area contributed by atoms with E-state index >= 15 is 0 Å². The summed E-state index contributed by atoms with van der Waals surface area (Å²) in [6.45, 7) is 9.31. The maximum atomic E-state index is 11.7. The third-order valence-electron chi connectivity index (χ3n) is 2.25. The monoisotopic (exact) mass is 255 g/mol. The van der Waals surface area contributed by atoms with Crippen molar-refractivity contribution in [1.29, 1.82) is 0 Å². The number of nitrogen functional groups attached to an aromatic ring is 1. The molecule has 1 unspecified atom stereocenters. The Balaban J connectivity index is 2.77. The first-order chi connectivity index (χ1) is 8.20. The van der Waals surface area contributed by atoms with Crippen LogP contribution in [0.15, 0.2) is 10.7 Å². The molecule has 1 aromatic heterocycles. The van der Waals surface area contributed by atoms with Crippen molar-refractivity contribution in [3.63, 3.8) is 0 Å². The largest absolute Gasteiger partial charge is 0.444 e. The van der Waals surface area contributed by atoms with Crippen molar-refractivity contribution in [2.45, 2.75) is 46.3 Å². The summed E-state index contributed by atoms with van der Waals surface area (Å²) >= 11 is 0. The molecule has 3 N–H and O–H groups in total. The van der Waals surface area contributed by atoms with Gasteiger partial charge in [-0.05, 0) is 26.7 Å². The number of aromatic nitrogens is 1. The summed E-state index contributed by atoms with van der Waals surface area (Å²) in [7, 11) is 0. The molecule has 0 saturated carbocycles. The van der Waals surface area contributed by atoms with Gasteiger partial charge in [-0.1, -0.05) is 19.0 Å². The Hall–Kier alpha value is -1.72. The molecule has 0 radical (unpaired) electrons. The van der Waals surface area contributed by atoms with Crippen LogP contribution in [-0.2, 0) is 4.74 Å². The van der Waals surface area contributed by atoms with Gasteiger partial charge < -0.3 is 20.3 Å². The van der Waals surface area contributed by atoms with Crippen molar-refractivity contribution < 1.29 is 14.1 Å². The molecule has 102 valence electrons. The summed E-state index contributed by atoms with van der Waals surface area (Å²) in [6, 6.07) is -0.359. The topological polar surface area (TPSA) is 90.4 Å². The third-order valence-corrected chi connectivity index (χ3v) is 2.25. The Bertz CT molecular complexity index is 407. The normalized spacial score (nSPS) is 13.4. The summed E-state index contributed by atoms with van der Waals surface area (Å²) in [5.74, 6) is 0.559. The summed E-state index contributed by atoms with van der Waals surface area (Å²) < 4.78 is 10.3. The first-order valence-electron chi connectivity index (χ1n) is 5.90. The number of hydrogen-bond acceptors (Lipinski definition) is 5. The molecule has 1 amide bonds. The fraction of sp³-hybridized carbons (Fsp3) is 0.667. The lowest BCUT2D eigenvalue weighted by molar-refractivity contribution is 0.0479. The van der Waals surface area contributed by atoms with Gasteiger partial charge in [-0.2, -0.15) is 0 Å². The Morgan fingerprint density at radius 1 is 1.50 bits per heavy atom. The number of alkyl carbamates (subject to hydrolysis) is 1. The summed E-state index contributed by atoms with van der Waals surface area (Å²) in [5.41, 5.74) is 5.61. The maximum absolute atomic E-state index is 11.7. The van der Waals surface area contributed by atoms with E-state index in [1.54, 1.807) is 20.8 Å². The number of ether oxygens (including phenoxy) is 1. The Kier molecular flexibility index (Phi) is 4.21. The van der Waals surface area contributed by atoms with E-state index in [4.69, 9.17) is 15.0 Å². The van der Waals surface area contributed by atoms with Gasteiger partial charge in [0.25, 0.3) is 0 Å². The Morgan fingerprint density at radius 2 is 2.11 bits per heavy atom. The number of rotatable bonds is 3. The Morgan fingerprint density at radius 3 is 2.50 bits per heavy atom. The molecule has 6 nitrogen and oxygen atoms in total. The molecule has 0 fully saturated rings. The van der Waals surface area contributed by atoms with E-state index in [0.717, 1.165) is 0 Å². The Labute approximate surface area is 107 Å². The van der Waals surface area contributed by atoms with E-state index in [1.807, 2.05) is 13.8 Å². The molecule has 1 atom stereocenters. The first-order valence-corrected chi connectivity index (χ1v) is 5.90. The van der Waals surface area contributed by atoms with Crippen molar-refractivity contribution in [2.75, 3.05) is 5.73 Å². The van der Waals surface area contributed by atoms with Crippen molar-refractivity contribution in [3.8, 4) is 0 Å². The number of anilines is 1. The van der Waals surface area contributed by atoms with Crippen molar-refractivity contribution in [3.05, 3.63) is 12.0 Å². The van der Waals surface area contributed by atoms with E-state index in [2.05, 4.69) is 10.5 Å². The molecule has 0 aromatic carbocycles. The molecule has 1 aromatic rings. The molecule has 6 heteroatoms. The lowest BCUT2D eigenvalue weighted by atomic mass is 10.0. The molecule has 0 bridgehead atoms. The molecule has 0 aliphatic rings. The number of carbonyl (C=O) groups is 1. The van der Waals surface area contributed by atoms with Crippen molar-refractivity contribution in [1.82, 2.24) is 10.5 Å². The van der Waals surface area contributed by atoms with Crippen LogP contribution in [0.3, 0.4) is 0 Å². The highest BCUT2D eigenvalue weighted by molar-refractivity contribution is 5.68. The van der Waals surface area contributed by atoms with E-state index in [-0.39, 0.29) is 12.0 Å². The molecule has 0 aliphatic heterocycles. The highest BCUT2D eigenvalue weighted by atomic mass is 16.6. The molecule has 0 aliphatic carbocycles. The maximum Gasteiger partial charge on any atom is 0.408 e. The predicted octanol–water partition coefficient (Wildman–Crippen LogP) is 2.48. The van der Waals surface area contributed by atoms with Crippen LogP contribution >= 0.6 is 0 Å². The molecule has 0 spiro atoms. The number of amides is 1. The fourth-order valence-electron chi connectivity index (χ4n) is 1.46. The van der Waals surface area contributed by atoms with Gasteiger partial charge in [-0.15, -0.1) is 0 Å². The second-order valence-corrected chi connectivity index (χ2v) is 5.51. The third kappa shape index (κ3) is 3.94. The molecule has 18 heavy (non-hydrogen) atoms. The second kappa shape index (κ2) is 5.29. The number of nitrogens with two attached hydrogens (primary N) is 1. The zero-order valence-electron chi connectivity index (χ0n) is 11.5. The smallest absolute Gasteiger partial charge is 0.408 e. The minimum atomic E-state index is -0.543. The van der Waals surface area contributed by atoms with Crippen LogP contribution in [0.1, 0.15) is 46.4 Å². The van der Waals surface area contributed by atoms with Gasteiger partial charge in [0.15, 0.2) is 5.76 Å². The average Bonchev–Trinajstić information content (AvgIpc) is 2.57. The van der Waals surface area contributed by atoms with Crippen LogP contribution < -0.4 is 11.1 Å². The number of carbonyl (C=O) groups excluding carboxylic acids is 1. The van der Waals surface area contributed by atoms with Crippen LogP contribution in [0.25, 0.3) is 0 Å². The summed E-state index contributed by atoms with van der Waals surface area (Å²) in [4.78, 5) is 11.7. The zero-order valence-corrected chi connectivity index (χ0v) is 11.5. The minimum Gasteiger partial charge on any atom is -0.444 e. The van der Waals surface area contributed by atoms with E-state index < -0.39 is 11.7 Å². The molecule has 0 saturated heterocycles. The van der Waals surface area contributed by atoms with Gasteiger partial charge >= 0.3 is 6.09 Å². The van der Waals surface area contributed by atoms with Gasteiger partial charge in [-0.25, -0.2) is 4.79 Å². The molecular weight excluding hydrogens is 234 g/mol. The van der Waals surface area contributed by atoms with Crippen LogP contribution in [0.4, 0.5) is 10.5 Å². The SMILES string of the molecule is CC(C)C(NC(=O)OC(C)(C)C)c1oncc1N. The van der Waals surface area contributed by atoms with E-state index in [9.17, 15) is 4.79 Å². The molecule has 1 heterocycles. The van der Waals surface area contributed by atoms with E-state index in [0.29, 0.717) is 11.4 Å². The summed E-state index contributed by atoms with van der Waals surface area (Å²) in [6.07, 6.45) is 0.915. The predicted molar refractivity (Wildman–Crippen MR) is 67.9 cm³/mol. The minimum absolute atomic E-state index is 0.104. The lowest BCUT2D eigenvalue weighted by Crippen LogP contribution is -2.36. The zero-order chi connectivity index (χ0) is 13.9. The molecular formula is C12H21N3O3. The second-order valence-electron chi connectivity index (χ2n) is 5.51. The standard InChI is InChI=1S/C12H21N3O3/c1-7(2)9(10-8(13)6-14-18-10)15-11(16)17-12(3,4)5/h6-7,9H,13H2,1-5H3,(H,15,16). The van der Waals surface area contributed by atoms with Gasteiger partial charge in [0, 0.05) is 0 Å². The summed E-state index contributed by atoms with van der Waals surface area (Å²) in [5, 5.41) is 6.36. The van der Waals surface area contributed by atoms with Gasteiger partial charge in [-0.3, -0.25) is 0 Å². The van der Waals surface area contributed by atoms with E-state index in [1.165, 1.54) is 6.20 Å². The van der Waals surface area contributed by atoms with Crippen LogP contribution in [0, 0.1) is 5.92 Å². The average molecular weight is 255 g/mol. The van der Waals surface area contributed by atoms with Crippen LogP contribution in [0.5, 0.6) is 0 Å². The quantitative estimate of drug-likeness (QED) is 0.865. The van der Waals surface area contributed by atoms with Crippen LogP contribution in [0.2, 0.25) is 0 Å². The van der Waals surface area contributed by atoms with Gasteiger partial charge in [0.2, 0.25) is 0 Å². The highest BCUT2D eigenvalue weighted by Gasteiger charge is 2.26. The van der Waals surface area contributed by atoms with Crippen LogP contribution in [-0.4, -0.2) is 16.9 Å². The number of hydrogen-bond donors (Lipinski definition) is 2. The first kappa shape index (κ1) is 14.3. The van der Waals surface area contributed by atoms with Gasteiger partial charge in [0.1, 0.15) is 5.60 Å². The highest BCUT2D eigenvalue weighted by Crippen LogP contribution is 2.26. The number of nitrogens with one attached hydrogen (secondary N) is 1. The van der Waals surface area contributed by atoms with Crippen molar-refractivity contribution in [2.24, 2.45) is 5.92 Å². The number of nitrogens with zero attached hydrogens (tertiary/aromatic N) is 1. The lowest BCUT2D eigenvalue weighted by Gasteiger charge is -2.24.